The molecule has 1 N–H and O–H groups in total. The molecule has 0 heterocycles. The second-order valence-electron chi connectivity index (χ2n) is 6.11. The fourth-order valence-electron chi connectivity index (χ4n) is 2.84. The van der Waals surface area contributed by atoms with E-state index in [1.54, 1.807) is 0 Å². The van der Waals surface area contributed by atoms with Crippen molar-refractivity contribution >= 4 is 40.0 Å². The number of nitrogens with one attached hydrogen (secondary N) is 1. The lowest BCUT2D eigenvalue weighted by atomic mass is 10.1. The largest absolute Gasteiger partial charge is 0.387 e. The summed E-state index contributed by atoms with van der Waals surface area (Å²) in [6.07, 6.45) is 4.41. The summed E-state index contributed by atoms with van der Waals surface area (Å²) in [5, 5.41) is 5.91. The molecule has 128 valence electrons. The molecule has 0 aliphatic rings. The highest BCUT2D eigenvalue weighted by Gasteiger charge is 2.05. The van der Waals surface area contributed by atoms with Crippen molar-refractivity contribution in [3.8, 4) is 0 Å². The van der Waals surface area contributed by atoms with E-state index in [0.29, 0.717) is 0 Å². The van der Waals surface area contributed by atoms with Crippen LogP contribution in [-0.4, -0.2) is 26.9 Å². The number of anilines is 2. The van der Waals surface area contributed by atoms with Gasteiger partial charge in [0.15, 0.2) is 0 Å². The van der Waals surface area contributed by atoms with Crippen molar-refractivity contribution in [3.63, 3.8) is 0 Å². The van der Waals surface area contributed by atoms with Gasteiger partial charge in [0.25, 0.3) is 0 Å². The van der Waals surface area contributed by atoms with Crippen LogP contribution < -0.4 is 10.2 Å². The van der Waals surface area contributed by atoms with Gasteiger partial charge < -0.3 is 10.2 Å². The van der Waals surface area contributed by atoms with Crippen LogP contribution in [0.15, 0.2) is 71.6 Å². The number of thioether (sulfide) groups is 1. The summed E-state index contributed by atoms with van der Waals surface area (Å²) in [5.41, 5.74) is 3.67. The van der Waals surface area contributed by atoms with Crippen LogP contribution in [-0.2, 0) is 0 Å². The third-order valence-corrected chi connectivity index (χ3v) is 5.21. The zero-order valence-electron chi connectivity index (χ0n) is 15.0. The molecule has 0 atom stereocenters. The number of nitrogens with zero attached hydrogens (tertiary/aromatic N) is 1. The Bertz CT molecular complexity index is 867. The molecule has 25 heavy (non-hydrogen) atoms. The molecule has 0 fully saturated rings. The predicted octanol–water partition coefficient (Wildman–Crippen LogP) is 5.75. The maximum absolute atomic E-state index is 3.36. The normalized spacial score (nSPS) is 11.2. The van der Waals surface area contributed by atoms with Gasteiger partial charge in [0.1, 0.15) is 0 Å². The maximum atomic E-state index is 3.36. The zero-order valence-corrected chi connectivity index (χ0v) is 15.8. The van der Waals surface area contributed by atoms with Gasteiger partial charge in [-0.1, -0.05) is 54.6 Å². The Hall–Kier alpha value is -2.39. The van der Waals surface area contributed by atoms with Gasteiger partial charge >= 0.3 is 0 Å². The molecule has 0 radical (unpaired) electrons. The Kier molecular flexibility index (Phi) is 5.67. The van der Waals surface area contributed by atoms with E-state index >= 15 is 0 Å². The molecular formula is C22H24N2S. The van der Waals surface area contributed by atoms with E-state index in [1.165, 1.54) is 32.6 Å². The molecule has 0 unspecified atom stereocenters. The Labute approximate surface area is 154 Å². The van der Waals surface area contributed by atoms with Crippen molar-refractivity contribution in [2.75, 3.05) is 37.1 Å². The highest BCUT2D eigenvalue weighted by molar-refractivity contribution is 7.99. The third-order valence-electron chi connectivity index (χ3n) is 4.20. The topological polar surface area (TPSA) is 15.3 Å². The summed E-state index contributed by atoms with van der Waals surface area (Å²) >= 11 is 1.86. The predicted molar refractivity (Wildman–Crippen MR) is 114 cm³/mol. The standard InChI is InChI=1S/C22H24N2S/c1-23-22-20-9-5-4-8-18(20)12-15-21(22)25-16-6-7-17-10-13-19(14-11-17)24(2)3/h4-15,23H,16H2,1-3H3/b7-6+. The number of hydrogen-bond donors (Lipinski definition) is 1. The van der Waals surface area contributed by atoms with E-state index in [1.807, 2.05) is 18.8 Å². The molecule has 0 aliphatic heterocycles. The minimum absolute atomic E-state index is 0.947. The summed E-state index contributed by atoms with van der Waals surface area (Å²) in [7, 11) is 6.11. The summed E-state index contributed by atoms with van der Waals surface area (Å²) in [6, 6.07) is 21.5. The Morgan fingerprint density at radius 1 is 0.960 bits per heavy atom. The third kappa shape index (κ3) is 4.18. The molecule has 0 aliphatic carbocycles. The van der Waals surface area contributed by atoms with E-state index in [2.05, 4.69) is 97.1 Å². The van der Waals surface area contributed by atoms with Crippen LogP contribution in [0.25, 0.3) is 16.8 Å². The molecule has 3 rings (SSSR count). The summed E-state index contributed by atoms with van der Waals surface area (Å²) in [6.45, 7) is 0. The number of fused-ring (bicyclic) bond motifs is 1. The van der Waals surface area contributed by atoms with Gasteiger partial charge in [0.05, 0.1) is 5.69 Å². The van der Waals surface area contributed by atoms with Gasteiger partial charge in [0.2, 0.25) is 0 Å². The van der Waals surface area contributed by atoms with E-state index < -0.39 is 0 Å². The average Bonchev–Trinajstić information content (AvgIpc) is 2.65. The van der Waals surface area contributed by atoms with E-state index in [-0.39, 0.29) is 0 Å². The minimum Gasteiger partial charge on any atom is -0.387 e. The van der Waals surface area contributed by atoms with Gasteiger partial charge in [-0.3, -0.25) is 0 Å². The Morgan fingerprint density at radius 3 is 2.44 bits per heavy atom. The highest BCUT2D eigenvalue weighted by atomic mass is 32.2. The lowest BCUT2D eigenvalue weighted by molar-refractivity contribution is 1.13. The molecular weight excluding hydrogens is 324 g/mol. The Morgan fingerprint density at radius 2 is 1.72 bits per heavy atom. The lowest BCUT2D eigenvalue weighted by Gasteiger charge is -2.12. The van der Waals surface area contributed by atoms with Crippen molar-refractivity contribution in [2.45, 2.75) is 4.90 Å². The fraction of sp³-hybridized carbons (Fsp3) is 0.182. The molecule has 0 saturated carbocycles. The van der Waals surface area contributed by atoms with Crippen LogP contribution in [0.4, 0.5) is 11.4 Å². The quantitative estimate of drug-likeness (QED) is 0.571. The second-order valence-corrected chi connectivity index (χ2v) is 7.17. The number of hydrogen-bond acceptors (Lipinski definition) is 3. The first-order valence-electron chi connectivity index (χ1n) is 8.45. The summed E-state index contributed by atoms with van der Waals surface area (Å²) in [4.78, 5) is 3.40. The second kappa shape index (κ2) is 8.13. The average molecular weight is 349 g/mol. The zero-order chi connectivity index (χ0) is 17.6. The van der Waals surface area contributed by atoms with Gasteiger partial charge in [-0.05, 0) is 29.1 Å². The van der Waals surface area contributed by atoms with Gasteiger partial charge in [-0.15, -0.1) is 11.8 Å². The van der Waals surface area contributed by atoms with E-state index in [0.717, 1.165) is 5.75 Å². The van der Waals surface area contributed by atoms with Crippen LogP contribution in [0.3, 0.4) is 0 Å². The lowest BCUT2D eigenvalue weighted by Crippen LogP contribution is -2.07. The SMILES string of the molecule is CNc1c(SC/C=C/c2ccc(N(C)C)cc2)ccc2ccccc12. The highest BCUT2D eigenvalue weighted by Crippen LogP contribution is 2.34. The van der Waals surface area contributed by atoms with Crippen LogP contribution in [0.2, 0.25) is 0 Å². The molecule has 2 nitrogen and oxygen atoms in total. The molecule has 0 saturated heterocycles. The number of rotatable bonds is 6. The smallest absolute Gasteiger partial charge is 0.0555 e. The number of benzene rings is 3. The summed E-state index contributed by atoms with van der Waals surface area (Å²) in [5.74, 6) is 0.947. The monoisotopic (exact) mass is 348 g/mol. The van der Waals surface area contributed by atoms with Crippen LogP contribution in [0, 0.1) is 0 Å². The molecule has 3 aromatic rings. The molecule has 0 amide bonds. The van der Waals surface area contributed by atoms with Crippen molar-refractivity contribution in [1.82, 2.24) is 0 Å². The summed E-state index contributed by atoms with van der Waals surface area (Å²) < 4.78 is 0. The van der Waals surface area contributed by atoms with E-state index in [9.17, 15) is 0 Å². The van der Waals surface area contributed by atoms with Crippen LogP contribution >= 0.6 is 11.8 Å². The van der Waals surface area contributed by atoms with Gasteiger partial charge in [-0.25, -0.2) is 0 Å². The van der Waals surface area contributed by atoms with E-state index in [4.69, 9.17) is 0 Å². The first-order valence-corrected chi connectivity index (χ1v) is 9.44. The van der Waals surface area contributed by atoms with Crippen LogP contribution in [0.1, 0.15) is 5.56 Å². The molecule has 0 aromatic heterocycles. The first kappa shape index (κ1) is 17.4. The first-order chi connectivity index (χ1) is 12.2. The molecule has 0 bridgehead atoms. The van der Waals surface area contributed by atoms with Crippen molar-refractivity contribution in [3.05, 3.63) is 72.3 Å². The van der Waals surface area contributed by atoms with Crippen LogP contribution in [0.5, 0.6) is 0 Å². The Balaban J connectivity index is 1.68. The minimum atomic E-state index is 0.947. The molecule has 0 spiro atoms. The molecule has 3 aromatic carbocycles. The molecule has 3 heteroatoms. The van der Waals surface area contributed by atoms with Gasteiger partial charge in [0, 0.05) is 42.9 Å². The fourth-order valence-corrected chi connectivity index (χ4v) is 3.73. The maximum Gasteiger partial charge on any atom is 0.0555 e. The van der Waals surface area contributed by atoms with Crippen molar-refractivity contribution in [2.24, 2.45) is 0 Å². The van der Waals surface area contributed by atoms with Crippen molar-refractivity contribution < 1.29 is 0 Å². The van der Waals surface area contributed by atoms with Crippen molar-refractivity contribution in [1.29, 1.82) is 0 Å². The van der Waals surface area contributed by atoms with Gasteiger partial charge in [-0.2, -0.15) is 0 Å².